The molecule has 2 rings (SSSR count). The minimum Gasteiger partial charge on any atom is -0.476 e. The van der Waals surface area contributed by atoms with Gasteiger partial charge in [0, 0.05) is 5.69 Å². The van der Waals surface area contributed by atoms with Crippen molar-refractivity contribution in [3.05, 3.63) is 41.5 Å². The first-order chi connectivity index (χ1) is 9.47. The smallest absolute Gasteiger partial charge is 0.358 e. The molecule has 0 aliphatic rings. The summed E-state index contributed by atoms with van der Waals surface area (Å²) in [4.78, 5) is 22.5. The van der Waals surface area contributed by atoms with Gasteiger partial charge < -0.3 is 10.4 Å². The van der Waals surface area contributed by atoms with Gasteiger partial charge in [0.25, 0.3) is 0 Å². The number of nitrogens with one attached hydrogen (secondary N) is 1. The molecule has 1 amide bonds. The number of hydrogen-bond donors (Lipinski definition) is 2. The summed E-state index contributed by atoms with van der Waals surface area (Å²) in [5, 5.41) is 18.4. The minimum absolute atomic E-state index is 0.177. The Morgan fingerprint density at radius 2 is 2.00 bits per heavy atom. The topological polar surface area (TPSA) is 97.1 Å². The molecule has 8 heteroatoms. The molecule has 1 aromatic carbocycles. The Morgan fingerprint density at radius 1 is 1.35 bits per heavy atom. The van der Waals surface area contributed by atoms with Crippen LogP contribution in [0.4, 0.5) is 10.1 Å². The highest BCUT2D eigenvalue weighted by molar-refractivity contribution is 5.91. The number of rotatable bonds is 4. The molecule has 0 fully saturated rings. The first kappa shape index (κ1) is 13.7. The van der Waals surface area contributed by atoms with Crippen LogP contribution < -0.4 is 5.32 Å². The molecule has 0 radical (unpaired) electrons. The van der Waals surface area contributed by atoms with E-state index in [9.17, 15) is 14.0 Å². The van der Waals surface area contributed by atoms with Crippen LogP contribution in [0.25, 0.3) is 0 Å². The van der Waals surface area contributed by atoms with Gasteiger partial charge in [-0.2, -0.15) is 0 Å². The number of nitrogens with zero attached hydrogens (tertiary/aromatic N) is 3. The number of halogens is 1. The van der Waals surface area contributed by atoms with Gasteiger partial charge in [-0.15, -0.1) is 5.10 Å². The number of amides is 1. The molecule has 0 spiro atoms. The van der Waals surface area contributed by atoms with Gasteiger partial charge in [-0.3, -0.25) is 4.79 Å². The van der Waals surface area contributed by atoms with Crippen LogP contribution in [0.15, 0.2) is 24.3 Å². The van der Waals surface area contributed by atoms with Gasteiger partial charge in [0.05, 0.1) is 5.69 Å². The van der Waals surface area contributed by atoms with Crippen LogP contribution in [-0.4, -0.2) is 32.0 Å². The van der Waals surface area contributed by atoms with Crippen LogP contribution in [0.3, 0.4) is 0 Å². The highest BCUT2D eigenvalue weighted by Crippen LogP contribution is 2.09. The van der Waals surface area contributed by atoms with Crippen molar-refractivity contribution in [2.45, 2.75) is 13.5 Å². The average Bonchev–Trinajstić information content (AvgIpc) is 2.74. The number of aromatic carboxylic acids is 1. The molecule has 1 aromatic heterocycles. The van der Waals surface area contributed by atoms with E-state index in [4.69, 9.17) is 5.11 Å². The maximum absolute atomic E-state index is 12.7. The number of anilines is 1. The Labute approximate surface area is 113 Å². The van der Waals surface area contributed by atoms with Gasteiger partial charge in [0.15, 0.2) is 5.69 Å². The number of benzene rings is 1. The van der Waals surface area contributed by atoms with Gasteiger partial charge in [0.2, 0.25) is 5.91 Å². The lowest BCUT2D eigenvalue weighted by Gasteiger charge is -2.06. The normalized spacial score (nSPS) is 10.3. The Morgan fingerprint density at radius 3 is 2.55 bits per heavy atom. The molecule has 0 bridgehead atoms. The Bertz CT molecular complexity index is 651. The molecule has 0 saturated carbocycles. The highest BCUT2D eigenvalue weighted by Gasteiger charge is 2.16. The molecule has 0 aliphatic heterocycles. The summed E-state index contributed by atoms with van der Waals surface area (Å²) in [6, 6.07) is 5.28. The van der Waals surface area contributed by atoms with Crippen LogP contribution >= 0.6 is 0 Å². The quantitative estimate of drug-likeness (QED) is 0.871. The molecule has 7 nitrogen and oxygen atoms in total. The first-order valence-electron chi connectivity index (χ1n) is 5.66. The third-order valence-corrected chi connectivity index (χ3v) is 2.61. The van der Waals surface area contributed by atoms with Crippen molar-refractivity contribution in [1.82, 2.24) is 15.0 Å². The van der Waals surface area contributed by atoms with Gasteiger partial charge in [0.1, 0.15) is 12.4 Å². The lowest BCUT2D eigenvalue weighted by atomic mass is 10.3. The molecule has 0 saturated heterocycles. The molecule has 2 N–H and O–H groups in total. The number of carbonyl (C=O) groups excluding carboxylic acids is 1. The predicted molar refractivity (Wildman–Crippen MR) is 66.7 cm³/mol. The number of carboxylic acid groups (broad SMARTS) is 1. The number of hydrogen-bond acceptors (Lipinski definition) is 4. The summed E-state index contributed by atoms with van der Waals surface area (Å²) in [6.07, 6.45) is 0. The molecule has 104 valence electrons. The van der Waals surface area contributed by atoms with E-state index in [1.54, 1.807) is 0 Å². The van der Waals surface area contributed by atoms with Crippen molar-refractivity contribution >= 4 is 17.6 Å². The summed E-state index contributed by atoms with van der Waals surface area (Å²) >= 11 is 0. The van der Waals surface area contributed by atoms with Crippen molar-refractivity contribution in [1.29, 1.82) is 0 Å². The van der Waals surface area contributed by atoms with E-state index in [0.717, 1.165) is 0 Å². The zero-order valence-corrected chi connectivity index (χ0v) is 10.5. The first-order valence-corrected chi connectivity index (χ1v) is 5.66. The zero-order valence-electron chi connectivity index (χ0n) is 10.5. The van der Waals surface area contributed by atoms with Crippen LogP contribution in [-0.2, 0) is 11.3 Å². The molecule has 0 unspecified atom stereocenters. The van der Waals surface area contributed by atoms with Gasteiger partial charge in [-0.1, -0.05) is 5.21 Å². The van der Waals surface area contributed by atoms with Crippen LogP contribution in [0.5, 0.6) is 0 Å². The number of aromatic nitrogens is 3. The molecule has 2 aromatic rings. The fourth-order valence-corrected chi connectivity index (χ4v) is 1.58. The average molecular weight is 278 g/mol. The Balaban J connectivity index is 2.05. The van der Waals surface area contributed by atoms with Crippen LogP contribution in [0.1, 0.15) is 16.2 Å². The van der Waals surface area contributed by atoms with Crippen LogP contribution in [0.2, 0.25) is 0 Å². The summed E-state index contributed by atoms with van der Waals surface area (Å²) in [5.41, 5.74) is 0.527. The summed E-state index contributed by atoms with van der Waals surface area (Å²) in [6.45, 7) is 1.33. The highest BCUT2D eigenvalue weighted by atomic mass is 19.1. The fraction of sp³-hybridized carbons (Fsp3) is 0.167. The Hall–Kier alpha value is -2.77. The van der Waals surface area contributed by atoms with Crippen LogP contribution in [0, 0.1) is 12.7 Å². The lowest BCUT2D eigenvalue weighted by Crippen LogP contribution is -2.20. The van der Waals surface area contributed by atoms with Gasteiger partial charge in [-0.05, 0) is 31.2 Å². The van der Waals surface area contributed by atoms with Crippen molar-refractivity contribution in [3.63, 3.8) is 0 Å². The largest absolute Gasteiger partial charge is 0.476 e. The second kappa shape index (κ2) is 5.47. The second-order valence-corrected chi connectivity index (χ2v) is 4.04. The van der Waals surface area contributed by atoms with E-state index in [-0.39, 0.29) is 17.9 Å². The Kier molecular flexibility index (Phi) is 3.74. The molecule has 0 atom stereocenters. The number of carboxylic acids is 1. The number of carbonyl (C=O) groups is 2. The maximum atomic E-state index is 12.7. The van der Waals surface area contributed by atoms with Crippen molar-refractivity contribution in [2.75, 3.05) is 5.32 Å². The van der Waals surface area contributed by atoms with E-state index >= 15 is 0 Å². The third-order valence-electron chi connectivity index (χ3n) is 2.61. The molecule has 0 aliphatic carbocycles. The van der Waals surface area contributed by atoms with Crippen molar-refractivity contribution in [2.24, 2.45) is 0 Å². The molecule has 20 heavy (non-hydrogen) atoms. The van der Waals surface area contributed by atoms with Crippen molar-refractivity contribution in [3.8, 4) is 0 Å². The predicted octanol–water partition coefficient (Wildman–Crippen LogP) is 1.06. The molecular weight excluding hydrogens is 267 g/mol. The summed E-state index contributed by atoms with van der Waals surface area (Å²) < 4.78 is 13.9. The van der Waals surface area contributed by atoms with Crippen molar-refractivity contribution < 1.29 is 19.1 Å². The van der Waals surface area contributed by atoms with Gasteiger partial charge >= 0.3 is 5.97 Å². The minimum atomic E-state index is -1.20. The molecule has 1 heterocycles. The van der Waals surface area contributed by atoms with E-state index < -0.39 is 17.7 Å². The molecular formula is C12H11FN4O3. The van der Waals surface area contributed by atoms with E-state index in [2.05, 4.69) is 15.6 Å². The van der Waals surface area contributed by atoms with E-state index in [1.807, 2.05) is 0 Å². The second-order valence-electron chi connectivity index (χ2n) is 4.04. The maximum Gasteiger partial charge on any atom is 0.358 e. The monoisotopic (exact) mass is 278 g/mol. The van der Waals surface area contributed by atoms with E-state index in [1.165, 1.54) is 35.9 Å². The van der Waals surface area contributed by atoms with E-state index in [0.29, 0.717) is 5.69 Å². The lowest BCUT2D eigenvalue weighted by molar-refractivity contribution is -0.117. The van der Waals surface area contributed by atoms with Gasteiger partial charge in [-0.25, -0.2) is 13.9 Å². The third kappa shape index (κ3) is 2.97. The summed E-state index contributed by atoms with van der Waals surface area (Å²) in [5.74, 6) is -2.02. The SMILES string of the molecule is Cc1c(C(=O)O)nnn1CC(=O)Nc1ccc(F)cc1. The fourth-order valence-electron chi connectivity index (χ4n) is 1.58. The summed E-state index contributed by atoms with van der Waals surface area (Å²) in [7, 11) is 0. The standard InChI is InChI=1S/C12H11FN4O3/c1-7-11(12(19)20)15-16-17(7)6-10(18)14-9-4-2-8(13)3-5-9/h2-5H,6H2,1H3,(H,14,18)(H,19,20). The zero-order chi connectivity index (χ0) is 14.7.